The molecule has 2 rings (SSSR count). The number of rotatable bonds is 5. The maximum absolute atomic E-state index is 6.28. The van der Waals surface area contributed by atoms with Crippen molar-refractivity contribution in [2.75, 3.05) is 7.11 Å². The van der Waals surface area contributed by atoms with Crippen LogP contribution in [-0.4, -0.2) is 16.7 Å². The molecule has 102 valence electrons. The van der Waals surface area contributed by atoms with Crippen LogP contribution in [0.5, 0.6) is 5.75 Å². The van der Waals surface area contributed by atoms with Gasteiger partial charge in [-0.05, 0) is 31.0 Å². The molecule has 1 atom stereocenters. The van der Waals surface area contributed by atoms with Gasteiger partial charge in [0.2, 0.25) is 0 Å². The highest BCUT2D eigenvalue weighted by atomic mass is 16.5. The first kappa shape index (κ1) is 13.6. The predicted molar refractivity (Wildman–Crippen MR) is 76.3 cm³/mol. The smallest absolute Gasteiger partial charge is 0.121 e. The molecule has 0 aliphatic rings. The van der Waals surface area contributed by atoms with E-state index in [4.69, 9.17) is 10.5 Å². The topological polar surface area (TPSA) is 53.1 Å². The molecule has 0 radical (unpaired) electrons. The lowest BCUT2D eigenvalue weighted by molar-refractivity contribution is 0.411. The van der Waals surface area contributed by atoms with Crippen LogP contribution in [-0.2, 0) is 13.0 Å². The molecule has 0 aliphatic heterocycles. The van der Waals surface area contributed by atoms with Gasteiger partial charge in [-0.25, -0.2) is 4.98 Å². The van der Waals surface area contributed by atoms with E-state index in [0.717, 1.165) is 35.7 Å². The largest absolute Gasteiger partial charge is 0.496 e. The van der Waals surface area contributed by atoms with Gasteiger partial charge in [0.05, 0.1) is 7.11 Å². The summed E-state index contributed by atoms with van der Waals surface area (Å²) < 4.78 is 7.39. The van der Waals surface area contributed by atoms with E-state index in [1.54, 1.807) is 7.11 Å². The van der Waals surface area contributed by atoms with Gasteiger partial charge in [0.1, 0.15) is 11.6 Å². The zero-order valence-electron chi connectivity index (χ0n) is 11.8. The second-order valence-electron chi connectivity index (χ2n) is 4.67. The Balaban J connectivity index is 2.16. The second-order valence-corrected chi connectivity index (χ2v) is 4.67. The van der Waals surface area contributed by atoms with Gasteiger partial charge in [0, 0.05) is 31.4 Å². The average Bonchev–Trinajstić information content (AvgIpc) is 2.85. The zero-order chi connectivity index (χ0) is 13.8. The van der Waals surface area contributed by atoms with E-state index in [1.165, 1.54) is 0 Å². The minimum absolute atomic E-state index is 0.0442. The fourth-order valence-electron chi connectivity index (χ4n) is 2.26. The summed E-state index contributed by atoms with van der Waals surface area (Å²) in [5.74, 6) is 1.93. The predicted octanol–water partition coefficient (Wildman–Crippen LogP) is 2.46. The summed E-state index contributed by atoms with van der Waals surface area (Å²) in [4.78, 5) is 4.37. The molecule has 0 saturated heterocycles. The number of methoxy groups -OCH3 is 1. The van der Waals surface area contributed by atoms with Gasteiger partial charge in [-0.15, -0.1) is 0 Å². The van der Waals surface area contributed by atoms with Crippen LogP contribution in [0, 0.1) is 6.92 Å². The number of hydrogen-bond donors (Lipinski definition) is 1. The minimum Gasteiger partial charge on any atom is -0.496 e. The van der Waals surface area contributed by atoms with Crippen LogP contribution in [0.4, 0.5) is 0 Å². The van der Waals surface area contributed by atoms with Crippen molar-refractivity contribution < 1.29 is 4.74 Å². The third-order valence-corrected chi connectivity index (χ3v) is 3.39. The highest BCUT2D eigenvalue weighted by Crippen LogP contribution is 2.23. The van der Waals surface area contributed by atoms with Gasteiger partial charge >= 0.3 is 0 Å². The van der Waals surface area contributed by atoms with E-state index < -0.39 is 0 Å². The number of aromatic nitrogens is 2. The Bertz CT molecular complexity index is 548. The monoisotopic (exact) mass is 259 g/mol. The highest BCUT2D eigenvalue weighted by Gasteiger charge is 2.12. The lowest BCUT2D eigenvalue weighted by Crippen LogP contribution is -2.16. The van der Waals surface area contributed by atoms with Gasteiger partial charge in [-0.1, -0.05) is 12.1 Å². The standard InChI is InChI=1S/C15H21N3O/c1-4-18-8-7-17-15(18)10-13(16)12-5-6-14(19-3)11(2)9-12/h5-9,13H,4,10,16H2,1-3H3. The number of nitrogens with two attached hydrogens (primary N) is 1. The first-order chi connectivity index (χ1) is 9.15. The van der Waals surface area contributed by atoms with E-state index >= 15 is 0 Å². The lowest BCUT2D eigenvalue weighted by Gasteiger charge is -2.14. The summed E-state index contributed by atoms with van der Waals surface area (Å²) in [6, 6.07) is 6.03. The van der Waals surface area contributed by atoms with Crippen LogP contribution in [0.15, 0.2) is 30.6 Å². The third-order valence-electron chi connectivity index (χ3n) is 3.39. The van der Waals surface area contributed by atoms with Crippen molar-refractivity contribution in [3.63, 3.8) is 0 Å². The number of imidazole rings is 1. The van der Waals surface area contributed by atoms with Crippen LogP contribution >= 0.6 is 0 Å². The van der Waals surface area contributed by atoms with Gasteiger partial charge in [-0.2, -0.15) is 0 Å². The Morgan fingerprint density at radius 3 is 2.84 bits per heavy atom. The van der Waals surface area contributed by atoms with Crippen LogP contribution in [0.3, 0.4) is 0 Å². The van der Waals surface area contributed by atoms with Crippen LogP contribution in [0.25, 0.3) is 0 Å². The normalized spacial score (nSPS) is 12.4. The third kappa shape index (κ3) is 2.96. The molecule has 19 heavy (non-hydrogen) atoms. The summed E-state index contributed by atoms with van der Waals surface area (Å²) in [5.41, 5.74) is 8.50. The maximum Gasteiger partial charge on any atom is 0.121 e. The fourth-order valence-corrected chi connectivity index (χ4v) is 2.26. The zero-order valence-corrected chi connectivity index (χ0v) is 11.8. The van der Waals surface area contributed by atoms with Gasteiger partial charge in [0.25, 0.3) is 0 Å². The SMILES string of the molecule is CCn1ccnc1CC(N)c1ccc(OC)c(C)c1. The number of ether oxygens (including phenoxy) is 1. The molecule has 2 aromatic rings. The van der Waals surface area contributed by atoms with E-state index in [9.17, 15) is 0 Å². The molecular weight excluding hydrogens is 238 g/mol. The van der Waals surface area contributed by atoms with Gasteiger partial charge in [-0.3, -0.25) is 0 Å². The van der Waals surface area contributed by atoms with E-state index in [0.29, 0.717) is 0 Å². The van der Waals surface area contributed by atoms with Crippen LogP contribution in [0.2, 0.25) is 0 Å². The molecule has 0 amide bonds. The lowest BCUT2D eigenvalue weighted by atomic mass is 10.0. The van der Waals surface area contributed by atoms with Crippen molar-refractivity contribution in [3.05, 3.63) is 47.5 Å². The molecule has 0 bridgehead atoms. The van der Waals surface area contributed by atoms with Crippen molar-refractivity contribution in [2.45, 2.75) is 32.9 Å². The average molecular weight is 259 g/mol. The summed E-state index contributed by atoms with van der Waals surface area (Å²) in [7, 11) is 1.68. The summed E-state index contributed by atoms with van der Waals surface area (Å²) in [5, 5.41) is 0. The molecule has 4 heteroatoms. The van der Waals surface area contributed by atoms with Gasteiger partial charge < -0.3 is 15.0 Å². The van der Waals surface area contributed by atoms with Crippen molar-refractivity contribution in [3.8, 4) is 5.75 Å². The maximum atomic E-state index is 6.28. The highest BCUT2D eigenvalue weighted by molar-refractivity contribution is 5.37. The number of aryl methyl sites for hydroxylation is 2. The molecule has 0 saturated carbocycles. The van der Waals surface area contributed by atoms with E-state index in [-0.39, 0.29) is 6.04 Å². The van der Waals surface area contributed by atoms with Crippen molar-refractivity contribution in [1.29, 1.82) is 0 Å². The molecular formula is C15H21N3O. The number of hydrogen-bond acceptors (Lipinski definition) is 3. The number of benzene rings is 1. The molecule has 0 aliphatic carbocycles. The Kier molecular flexibility index (Phi) is 4.22. The number of nitrogens with zero attached hydrogens (tertiary/aromatic N) is 2. The molecule has 4 nitrogen and oxygen atoms in total. The van der Waals surface area contributed by atoms with E-state index in [1.807, 2.05) is 31.5 Å². The minimum atomic E-state index is -0.0442. The van der Waals surface area contributed by atoms with Gasteiger partial charge in [0.15, 0.2) is 0 Å². The van der Waals surface area contributed by atoms with Crippen LogP contribution in [0.1, 0.15) is 29.9 Å². The fraction of sp³-hybridized carbons (Fsp3) is 0.400. The van der Waals surface area contributed by atoms with Crippen molar-refractivity contribution >= 4 is 0 Å². The van der Waals surface area contributed by atoms with Crippen molar-refractivity contribution in [2.24, 2.45) is 5.73 Å². The molecule has 1 heterocycles. The first-order valence-electron chi connectivity index (χ1n) is 6.55. The molecule has 2 N–H and O–H groups in total. The molecule has 1 aromatic heterocycles. The molecule has 0 fully saturated rings. The summed E-state index contributed by atoms with van der Waals surface area (Å²) >= 11 is 0. The molecule has 1 unspecified atom stereocenters. The van der Waals surface area contributed by atoms with Crippen molar-refractivity contribution in [1.82, 2.24) is 9.55 Å². The Morgan fingerprint density at radius 1 is 1.42 bits per heavy atom. The van der Waals surface area contributed by atoms with E-state index in [2.05, 4.69) is 22.5 Å². The Labute approximate surface area is 114 Å². The Hall–Kier alpha value is -1.81. The van der Waals surface area contributed by atoms with Crippen LogP contribution < -0.4 is 10.5 Å². The summed E-state index contributed by atoms with van der Waals surface area (Å²) in [6.45, 7) is 5.06. The Morgan fingerprint density at radius 2 is 2.21 bits per heavy atom. The quantitative estimate of drug-likeness (QED) is 0.897. The molecule has 0 spiro atoms. The molecule has 1 aromatic carbocycles. The summed E-state index contributed by atoms with van der Waals surface area (Å²) in [6.07, 6.45) is 4.55. The first-order valence-corrected chi connectivity index (χ1v) is 6.55. The second kappa shape index (κ2) is 5.89.